The van der Waals surface area contributed by atoms with Gasteiger partial charge in [-0.25, -0.2) is 9.37 Å². The number of hydrogen-bond donors (Lipinski definition) is 0. The Balaban J connectivity index is 1.81. The molecule has 0 atom stereocenters. The van der Waals surface area contributed by atoms with Crippen LogP contribution in [-0.4, -0.2) is 17.7 Å². The largest absolute Gasteiger partial charge is 0.490 e. The van der Waals surface area contributed by atoms with Crippen molar-refractivity contribution >= 4 is 21.6 Å². The van der Waals surface area contributed by atoms with Gasteiger partial charge in [0.1, 0.15) is 0 Å². The van der Waals surface area contributed by atoms with E-state index in [2.05, 4.69) is 4.98 Å². The third-order valence-corrected chi connectivity index (χ3v) is 4.43. The van der Waals surface area contributed by atoms with Crippen molar-refractivity contribution in [3.05, 3.63) is 17.9 Å². The summed E-state index contributed by atoms with van der Waals surface area (Å²) in [5.41, 5.74) is 0.624. The minimum atomic E-state index is -0.321. The molecule has 0 amide bonds. The molecular formula is C15H18FNO2S. The predicted octanol–water partition coefficient (Wildman–Crippen LogP) is 4.40. The quantitative estimate of drug-likeness (QED) is 0.819. The third kappa shape index (κ3) is 2.73. The first kappa shape index (κ1) is 13.6. The minimum Gasteiger partial charge on any atom is -0.490 e. The molecule has 1 aliphatic carbocycles. The molecule has 1 fully saturated rings. The van der Waals surface area contributed by atoms with Crippen LogP contribution in [0.1, 0.15) is 33.1 Å². The van der Waals surface area contributed by atoms with Crippen LogP contribution >= 0.6 is 11.3 Å². The van der Waals surface area contributed by atoms with Gasteiger partial charge in [-0.15, -0.1) is 0 Å². The zero-order valence-electron chi connectivity index (χ0n) is 11.7. The number of nitrogens with zero attached hydrogens (tertiary/aromatic N) is 1. The number of thiazole rings is 1. The molecule has 0 bridgehead atoms. The highest BCUT2D eigenvalue weighted by Crippen LogP contribution is 2.35. The van der Waals surface area contributed by atoms with Crippen LogP contribution in [0.15, 0.2) is 12.1 Å². The number of rotatable bonds is 5. The number of fused-ring (bicyclic) bond motifs is 1. The molecule has 2 aromatic rings. The van der Waals surface area contributed by atoms with Gasteiger partial charge in [0, 0.05) is 0 Å². The number of hydrogen-bond acceptors (Lipinski definition) is 4. The van der Waals surface area contributed by atoms with Gasteiger partial charge >= 0.3 is 0 Å². The number of ether oxygens (including phenoxy) is 2. The summed E-state index contributed by atoms with van der Waals surface area (Å²) >= 11 is 1.23. The molecule has 108 valence electrons. The second-order valence-electron chi connectivity index (χ2n) is 5.48. The normalized spacial score (nSPS) is 15.6. The van der Waals surface area contributed by atoms with Crippen LogP contribution in [0.3, 0.4) is 0 Å². The van der Waals surface area contributed by atoms with Gasteiger partial charge in [0.2, 0.25) is 0 Å². The zero-order valence-corrected chi connectivity index (χ0v) is 12.5. The van der Waals surface area contributed by atoms with Crippen LogP contribution in [0.5, 0.6) is 10.9 Å². The molecule has 0 radical (unpaired) electrons. The van der Waals surface area contributed by atoms with Gasteiger partial charge in [-0.05, 0) is 44.7 Å². The van der Waals surface area contributed by atoms with Crippen LogP contribution in [0, 0.1) is 11.7 Å². The molecule has 20 heavy (non-hydrogen) atoms. The van der Waals surface area contributed by atoms with Gasteiger partial charge in [0.15, 0.2) is 11.6 Å². The van der Waals surface area contributed by atoms with Gasteiger partial charge in [0.05, 0.1) is 22.9 Å². The SMILES string of the molecule is CC(C)Oc1nc2ccc(OCC3CCC3)c(F)c2s1. The first-order chi connectivity index (χ1) is 9.63. The van der Waals surface area contributed by atoms with E-state index < -0.39 is 0 Å². The van der Waals surface area contributed by atoms with E-state index in [-0.39, 0.29) is 11.9 Å². The lowest BCUT2D eigenvalue weighted by Gasteiger charge is -2.25. The summed E-state index contributed by atoms with van der Waals surface area (Å²) in [5.74, 6) is 0.591. The van der Waals surface area contributed by atoms with Crippen LogP contribution in [0.25, 0.3) is 10.2 Å². The Hall–Kier alpha value is -1.36. The molecule has 0 spiro atoms. The highest BCUT2D eigenvalue weighted by molar-refractivity contribution is 7.20. The Morgan fingerprint density at radius 2 is 2.20 bits per heavy atom. The Kier molecular flexibility index (Phi) is 3.78. The second-order valence-corrected chi connectivity index (χ2v) is 6.44. The lowest BCUT2D eigenvalue weighted by Crippen LogP contribution is -2.19. The highest BCUT2D eigenvalue weighted by Gasteiger charge is 2.20. The molecule has 1 heterocycles. The molecule has 1 aromatic heterocycles. The van der Waals surface area contributed by atoms with Crippen molar-refractivity contribution in [2.75, 3.05) is 6.61 Å². The van der Waals surface area contributed by atoms with Gasteiger partial charge in [-0.2, -0.15) is 0 Å². The van der Waals surface area contributed by atoms with Crippen molar-refractivity contribution in [1.82, 2.24) is 4.98 Å². The van der Waals surface area contributed by atoms with E-state index >= 15 is 0 Å². The fraction of sp³-hybridized carbons (Fsp3) is 0.533. The van der Waals surface area contributed by atoms with Crippen molar-refractivity contribution in [2.45, 2.75) is 39.2 Å². The Bertz CT molecular complexity index is 607. The summed E-state index contributed by atoms with van der Waals surface area (Å²) in [6.45, 7) is 4.46. The average Bonchev–Trinajstić information content (AvgIpc) is 2.72. The van der Waals surface area contributed by atoms with E-state index in [9.17, 15) is 4.39 Å². The Morgan fingerprint density at radius 1 is 1.40 bits per heavy atom. The van der Waals surface area contributed by atoms with Gasteiger partial charge in [-0.3, -0.25) is 0 Å². The van der Waals surface area contributed by atoms with Gasteiger partial charge < -0.3 is 9.47 Å². The van der Waals surface area contributed by atoms with Crippen molar-refractivity contribution in [3.63, 3.8) is 0 Å². The number of halogens is 1. The van der Waals surface area contributed by atoms with Crippen molar-refractivity contribution in [1.29, 1.82) is 0 Å². The first-order valence-corrected chi connectivity index (χ1v) is 7.83. The number of benzene rings is 1. The van der Waals surface area contributed by atoms with E-state index in [1.807, 2.05) is 13.8 Å². The summed E-state index contributed by atoms with van der Waals surface area (Å²) in [6, 6.07) is 3.45. The maximum absolute atomic E-state index is 14.4. The average molecular weight is 295 g/mol. The van der Waals surface area contributed by atoms with E-state index in [0.717, 1.165) is 0 Å². The standard InChI is InChI=1S/C15H18FNO2S/c1-9(2)19-15-17-11-6-7-12(13(16)14(11)20-15)18-8-10-4-3-5-10/h6-7,9-10H,3-5,8H2,1-2H3. The lowest BCUT2D eigenvalue weighted by atomic mass is 9.86. The topological polar surface area (TPSA) is 31.4 Å². The molecular weight excluding hydrogens is 277 g/mol. The molecule has 5 heteroatoms. The van der Waals surface area contributed by atoms with Crippen LogP contribution in [0.2, 0.25) is 0 Å². The van der Waals surface area contributed by atoms with Crippen LogP contribution in [0.4, 0.5) is 4.39 Å². The molecule has 0 unspecified atom stereocenters. The molecule has 1 aliphatic rings. The van der Waals surface area contributed by atoms with Crippen LogP contribution in [-0.2, 0) is 0 Å². The number of aromatic nitrogens is 1. The van der Waals surface area contributed by atoms with E-state index in [1.165, 1.54) is 30.6 Å². The molecule has 0 N–H and O–H groups in total. The van der Waals surface area contributed by atoms with Gasteiger partial charge in [-0.1, -0.05) is 17.8 Å². The second kappa shape index (κ2) is 5.56. The monoisotopic (exact) mass is 295 g/mol. The van der Waals surface area contributed by atoms with E-state index in [4.69, 9.17) is 9.47 Å². The fourth-order valence-electron chi connectivity index (χ4n) is 2.15. The zero-order chi connectivity index (χ0) is 14.1. The van der Waals surface area contributed by atoms with Crippen molar-refractivity contribution in [2.24, 2.45) is 5.92 Å². The molecule has 0 saturated heterocycles. The summed E-state index contributed by atoms with van der Waals surface area (Å²) < 4.78 is 26.0. The third-order valence-electron chi connectivity index (χ3n) is 3.48. The van der Waals surface area contributed by atoms with E-state index in [1.54, 1.807) is 12.1 Å². The smallest absolute Gasteiger partial charge is 0.274 e. The van der Waals surface area contributed by atoms with Crippen molar-refractivity contribution in [3.8, 4) is 10.9 Å². The summed E-state index contributed by atoms with van der Waals surface area (Å²) in [6.07, 6.45) is 3.68. The van der Waals surface area contributed by atoms with Gasteiger partial charge in [0.25, 0.3) is 5.19 Å². The molecule has 1 aromatic carbocycles. The summed E-state index contributed by atoms with van der Waals surface area (Å²) in [7, 11) is 0. The van der Waals surface area contributed by atoms with Crippen LogP contribution < -0.4 is 9.47 Å². The van der Waals surface area contributed by atoms with E-state index in [0.29, 0.717) is 33.7 Å². The Morgan fingerprint density at radius 3 is 2.85 bits per heavy atom. The summed E-state index contributed by atoms with van der Waals surface area (Å²) in [5, 5.41) is 0.505. The predicted molar refractivity (Wildman–Crippen MR) is 78.2 cm³/mol. The lowest BCUT2D eigenvalue weighted by molar-refractivity contribution is 0.176. The highest BCUT2D eigenvalue weighted by atomic mass is 32.1. The fourth-order valence-corrected chi connectivity index (χ4v) is 3.12. The van der Waals surface area contributed by atoms with Crippen molar-refractivity contribution < 1.29 is 13.9 Å². The maximum Gasteiger partial charge on any atom is 0.274 e. The molecule has 3 rings (SSSR count). The molecule has 3 nitrogen and oxygen atoms in total. The Labute approximate surface area is 121 Å². The minimum absolute atomic E-state index is 0.0351. The summed E-state index contributed by atoms with van der Waals surface area (Å²) in [4.78, 5) is 4.28. The molecule has 0 aliphatic heterocycles. The molecule has 1 saturated carbocycles. The maximum atomic E-state index is 14.4. The first-order valence-electron chi connectivity index (χ1n) is 7.02.